The molecule has 0 N–H and O–H groups in total. The van der Waals surface area contributed by atoms with E-state index in [1.165, 1.54) is 10.4 Å². The van der Waals surface area contributed by atoms with Gasteiger partial charge in [-0.1, -0.05) is 0 Å². The van der Waals surface area contributed by atoms with E-state index in [1.807, 2.05) is 0 Å². The molecule has 0 bridgehead atoms. The van der Waals surface area contributed by atoms with Crippen molar-refractivity contribution in [2.75, 3.05) is 0 Å². The van der Waals surface area contributed by atoms with Gasteiger partial charge in [0.1, 0.15) is 0 Å². The molecule has 0 saturated carbocycles. The second-order valence-electron chi connectivity index (χ2n) is 2.94. The highest BCUT2D eigenvalue weighted by Gasteiger charge is 2.20. The Morgan fingerprint density at radius 3 is 3.42 bits per heavy atom. The summed E-state index contributed by atoms with van der Waals surface area (Å²) in [5.74, 6) is 0. The lowest BCUT2D eigenvalue weighted by molar-refractivity contribution is 0.542. The fourth-order valence-electron chi connectivity index (χ4n) is 1.65. The zero-order valence-corrected chi connectivity index (χ0v) is 7.43. The molecule has 1 aromatic heterocycles. The first-order valence-corrected chi connectivity index (χ1v) is 4.93. The van der Waals surface area contributed by atoms with Crippen molar-refractivity contribution in [3.63, 3.8) is 0 Å². The van der Waals surface area contributed by atoms with Crippen LogP contribution in [0, 0.1) is 0 Å². The largest absolute Gasteiger partial charge is 0.235 e. The van der Waals surface area contributed by atoms with Crippen LogP contribution in [0.5, 0.6) is 0 Å². The Balaban J connectivity index is 2.37. The molecule has 0 spiro atoms. The number of thiophene rings is 1. The van der Waals surface area contributed by atoms with Gasteiger partial charge in [0.2, 0.25) is 6.08 Å². The predicted octanol–water partition coefficient (Wildman–Crippen LogP) is 2.46. The number of fused-ring (bicyclic) bond motifs is 1. The summed E-state index contributed by atoms with van der Waals surface area (Å²) in [6.45, 7) is 0. The quantitative estimate of drug-likeness (QED) is 0.481. The number of isocyanates is 1. The maximum absolute atomic E-state index is 10.1. The number of aliphatic imine (C=N–C) groups is 1. The summed E-state index contributed by atoms with van der Waals surface area (Å²) in [7, 11) is 0. The first-order chi connectivity index (χ1) is 5.92. The normalized spacial score (nSPS) is 21.2. The summed E-state index contributed by atoms with van der Waals surface area (Å²) < 4.78 is 0. The summed E-state index contributed by atoms with van der Waals surface area (Å²) in [4.78, 5) is 15.2. The van der Waals surface area contributed by atoms with Crippen molar-refractivity contribution in [2.45, 2.75) is 25.3 Å². The second-order valence-corrected chi connectivity index (χ2v) is 3.89. The van der Waals surface area contributed by atoms with Crippen LogP contribution in [0.4, 0.5) is 0 Å². The van der Waals surface area contributed by atoms with E-state index in [0.717, 1.165) is 19.3 Å². The van der Waals surface area contributed by atoms with E-state index in [0.29, 0.717) is 0 Å². The minimum absolute atomic E-state index is 0.103. The molecule has 1 aliphatic carbocycles. The van der Waals surface area contributed by atoms with Crippen LogP contribution in [0.2, 0.25) is 0 Å². The molecule has 2 rings (SSSR count). The van der Waals surface area contributed by atoms with Crippen molar-refractivity contribution in [1.82, 2.24) is 0 Å². The number of carbonyl (C=O) groups excluding carboxylic acids is 1. The van der Waals surface area contributed by atoms with Crippen LogP contribution in [0.15, 0.2) is 16.4 Å². The van der Waals surface area contributed by atoms with Crippen molar-refractivity contribution >= 4 is 17.4 Å². The van der Waals surface area contributed by atoms with Crippen LogP contribution < -0.4 is 0 Å². The van der Waals surface area contributed by atoms with Gasteiger partial charge >= 0.3 is 0 Å². The second kappa shape index (κ2) is 3.21. The smallest absolute Gasteiger partial charge is 0.211 e. The van der Waals surface area contributed by atoms with Crippen molar-refractivity contribution in [1.29, 1.82) is 0 Å². The highest BCUT2D eigenvalue weighted by Crippen LogP contribution is 2.35. The van der Waals surface area contributed by atoms with Gasteiger partial charge in [0.25, 0.3) is 0 Å². The Kier molecular flexibility index (Phi) is 2.07. The monoisotopic (exact) mass is 179 g/mol. The molecule has 0 aliphatic heterocycles. The van der Waals surface area contributed by atoms with Crippen LogP contribution in [-0.2, 0) is 11.2 Å². The summed E-state index contributed by atoms with van der Waals surface area (Å²) in [5, 5.41) is 2.07. The van der Waals surface area contributed by atoms with Gasteiger partial charge in [0.05, 0.1) is 6.04 Å². The van der Waals surface area contributed by atoms with Gasteiger partial charge in [-0.15, -0.1) is 11.3 Å². The molecule has 0 aromatic carbocycles. The number of hydrogen-bond donors (Lipinski definition) is 0. The van der Waals surface area contributed by atoms with Crippen molar-refractivity contribution in [3.05, 3.63) is 21.9 Å². The minimum atomic E-state index is 0.103. The SMILES string of the molecule is O=C=NC1CCCc2ccsc21. The molecule has 0 saturated heterocycles. The third-order valence-corrected chi connectivity index (χ3v) is 3.28. The topological polar surface area (TPSA) is 29.4 Å². The number of nitrogens with zero attached hydrogens (tertiary/aromatic N) is 1. The lowest BCUT2D eigenvalue weighted by atomic mass is 9.96. The third kappa shape index (κ3) is 1.22. The Morgan fingerprint density at radius 2 is 2.58 bits per heavy atom. The van der Waals surface area contributed by atoms with Gasteiger partial charge in [-0.25, -0.2) is 4.79 Å². The van der Waals surface area contributed by atoms with E-state index in [2.05, 4.69) is 16.4 Å². The molecule has 1 unspecified atom stereocenters. The molecule has 12 heavy (non-hydrogen) atoms. The van der Waals surface area contributed by atoms with E-state index in [9.17, 15) is 4.79 Å². The molecular formula is C9H9NOS. The number of hydrogen-bond acceptors (Lipinski definition) is 3. The summed E-state index contributed by atoms with van der Waals surface area (Å²) in [5.41, 5.74) is 1.37. The first-order valence-electron chi connectivity index (χ1n) is 4.05. The molecule has 62 valence electrons. The molecule has 1 atom stereocenters. The molecule has 0 amide bonds. The molecular weight excluding hydrogens is 170 g/mol. The lowest BCUT2D eigenvalue weighted by Gasteiger charge is -2.16. The third-order valence-electron chi connectivity index (χ3n) is 2.22. The summed E-state index contributed by atoms with van der Waals surface area (Å²) >= 11 is 1.70. The van der Waals surface area contributed by atoms with Gasteiger partial charge in [0, 0.05) is 4.88 Å². The summed E-state index contributed by atoms with van der Waals surface area (Å²) in [6, 6.07) is 2.23. The minimum Gasteiger partial charge on any atom is -0.211 e. The van der Waals surface area contributed by atoms with E-state index in [4.69, 9.17) is 0 Å². The molecule has 0 fully saturated rings. The molecule has 1 aliphatic rings. The van der Waals surface area contributed by atoms with E-state index >= 15 is 0 Å². The van der Waals surface area contributed by atoms with Crippen LogP contribution in [0.25, 0.3) is 0 Å². The zero-order chi connectivity index (χ0) is 8.39. The van der Waals surface area contributed by atoms with Crippen LogP contribution in [0.1, 0.15) is 29.3 Å². The van der Waals surface area contributed by atoms with Crippen LogP contribution in [-0.4, -0.2) is 6.08 Å². The fourth-order valence-corrected chi connectivity index (χ4v) is 2.68. The van der Waals surface area contributed by atoms with Crippen molar-refractivity contribution in [2.24, 2.45) is 4.99 Å². The molecule has 0 radical (unpaired) electrons. The Bertz CT molecular complexity index is 325. The lowest BCUT2D eigenvalue weighted by Crippen LogP contribution is -2.03. The summed E-state index contributed by atoms with van der Waals surface area (Å²) in [6.07, 6.45) is 4.93. The highest BCUT2D eigenvalue weighted by molar-refractivity contribution is 7.10. The van der Waals surface area contributed by atoms with Crippen molar-refractivity contribution in [3.8, 4) is 0 Å². The van der Waals surface area contributed by atoms with Crippen LogP contribution in [0.3, 0.4) is 0 Å². The predicted molar refractivity (Wildman–Crippen MR) is 48.1 cm³/mol. The molecule has 2 nitrogen and oxygen atoms in total. The molecule has 1 aromatic rings. The Hall–Kier alpha value is -0.920. The van der Waals surface area contributed by atoms with Gasteiger partial charge < -0.3 is 0 Å². The van der Waals surface area contributed by atoms with Gasteiger partial charge in [-0.2, -0.15) is 4.99 Å². The number of rotatable bonds is 1. The first kappa shape index (κ1) is 7.71. The maximum Gasteiger partial charge on any atom is 0.235 e. The Morgan fingerprint density at radius 1 is 1.67 bits per heavy atom. The van der Waals surface area contributed by atoms with Gasteiger partial charge in [0.15, 0.2) is 0 Å². The fraction of sp³-hybridized carbons (Fsp3) is 0.444. The standard InChI is InChI=1S/C9H9NOS/c11-6-10-8-3-1-2-7-4-5-12-9(7)8/h4-5,8H,1-3H2. The van der Waals surface area contributed by atoms with E-state index < -0.39 is 0 Å². The number of aryl methyl sites for hydroxylation is 1. The van der Waals surface area contributed by atoms with Crippen LogP contribution >= 0.6 is 11.3 Å². The highest BCUT2D eigenvalue weighted by atomic mass is 32.1. The van der Waals surface area contributed by atoms with Gasteiger partial charge in [-0.3, -0.25) is 0 Å². The van der Waals surface area contributed by atoms with Gasteiger partial charge in [-0.05, 0) is 36.3 Å². The average Bonchev–Trinajstić information content (AvgIpc) is 2.53. The molecule has 3 heteroatoms. The van der Waals surface area contributed by atoms with E-state index in [-0.39, 0.29) is 6.04 Å². The molecule has 1 heterocycles. The van der Waals surface area contributed by atoms with E-state index in [1.54, 1.807) is 17.4 Å². The maximum atomic E-state index is 10.1. The zero-order valence-electron chi connectivity index (χ0n) is 6.62. The van der Waals surface area contributed by atoms with Crippen molar-refractivity contribution < 1.29 is 4.79 Å². The average molecular weight is 179 g/mol. The Labute approximate surface area is 74.9 Å².